The van der Waals surface area contributed by atoms with E-state index in [1.165, 1.54) is 0 Å². The van der Waals surface area contributed by atoms with E-state index in [0.29, 0.717) is 24.3 Å². The minimum atomic E-state index is -1.61. The van der Waals surface area contributed by atoms with Crippen LogP contribution in [0.15, 0.2) is 77.7 Å². The first-order valence-electron chi connectivity index (χ1n) is 9.73. The Hall–Kier alpha value is -3.20. The SMILES string of the molecule is C=CC/C(=C\C=C(/C)O)C1=COc2cc(OC3OC(CO)C(O)=C(O)C3O)ccc2C1. The van der Waals surface area contributed by atoms with Crippen molar-refractivity contribution >= 4 is 0 Å². The summed E-state index contributed by atoms with van der Waals surface area (Å²) in [5.74, 6) is -0.265. The number of hydrogen-bond donors (Lipinski definition) is 5. The van der Waals surface area contributed by atoms with Gasteiger partial charge in [-0.1, -0.05) is 18.2 Å². The monoisotopic (exact) mass is 430 g/mol. The van der Waals surface area contributed by atoms with Gasteiger partial charge in [0, 0.05) is 12.5 Å². The number of aliphatic hydroxyl groups is 5. The predicted molar refractivity (Wildman–Crippen MR) is 113 cm³/mol. The van der Waals surface area contributed by atoms with E-state index in [1.807, 2.05) is 12.1 Å². The highest BCUT2D eigenvalue weighted by atomic mass is 16.7. The zero-order chi connectivity index (χ0) is 22.5. The van der Waals surface area contributed by atoms with E-state index in [1.54, 1.807) is 37.5 Å². The van der Waals surface area contributed by atoms with Gasteiger partial charge in [0.2, 0.25) is 6.29 Å². The summed E-state index contributed by atoms with van der Waals surface area (Å²) in [6.45, 7) is 4.77. The molecule has 0 aliphatic carbocycles. The van der Waals surface area contributed by atoms with E-state index < -0.39 is 36.6 Å². The van der Waals surface area contributed by atoms with E-state index in [4.69, 9.17) is 14.2 Å². The van der Waals surface area contributed by atoms with Gasteiger partial charge in [-0.25, -0.2) is 0 Å². The molecule has 31 heavy (non-hydrogen) atoms. The molecular weight excluding hydrogens is 404 g/mol. The predicted octanol–water partition coefficient (Wildman–Crippen LogP) is 3.25. The summed E-state index contributed by atoms with van der Waals surface area (Å²) in [4.78, 5) is 0. The van der Waals surface area contributed by atoms with E-state index in [-0.39, 0.29) is 5.76 Å². The van der Waals surface area contributed by atoms with Crippen LogP contribution in [-0.2, 0) is 11.2 Å². The Morgan fingerprint density at radius 3 is 2.71 bits per heavy atom. The molecule has 1 aromatic carbocycles. The van der Waals surface area contributed by atoms with E-state index in [9.17, 15) is 25.5 Å². The number of hydrogen-bond acceptors (Lipinski definition) is 8. The molecule has 2 aliphatic heterocycles. The van der Waals surface area contributed by atoms with Crippen LogP contribution in [0.5, 0.6) is 11.5 Å². The third-order valence-corrected chi connectivity index (χ3v) is 4.87. The molecule has 3 rings (SSSR count). The minimum Gasteiger partial charge on any atom is -0.513 e. The summed E-state index contributed by atoms with van der Waals surface area (Å²) in [7, 11) is 0. The summed E-state index contributed by atoms with van der Waals surface area (Å²) in [6, 6.07) is 5.10. The average molecular weight is 430 g/mol. The second kappa shape index (κ2) is 9.74. The first kappa shape index (κ1) is 22.5. The first-order chi connectivity index (χ1) is 14.8. The Labute approximate surface area is 179 Å². The van der Waals surface area contributed by atoms with Gasteiger partial charge in [0.25, 0.3) is 0 Å². The lowest BCUT2D eigenvalue weighted by Gasteiger charge is -2.32. The first-order valence-corrected chi connectivity index (χ1v) is 9.73. The Morgan fingerprint density at radius 2 is 2.03 bits per heavy atom. The molecule has 3 atom stereocenters. The van der Waals surface area contributed by atoms with Crippen molar-refractivity contribution in [2.75, 3.05) is 6.61 Å². The van der Waals surface area contributed by atoms with Gasteiger partial charge in [0.1, 0.15) is 17.6 Å². The highest BCUT2D eigenvalue weighted by Gasteiger charge is 2.38. The topological polar surface area (TPSA) is 129 Å². The van der Waals surface area contributed by atoms with Crippen molar-refractivity contribution in [1.29, 1.82) is 0 Å². The number of fused-ring (bicyclic) bond motifs is 1. The van der Waals surface area contributed by atoms with E-state index >= 15 is 0 Å². The molecule has 3 unspecified atom stereocenters. The summed E-state index contributed by atoms with van der Waals surface area (Å²) < 4.78 is 16.7. The van der Waals surface area contributed by atoms with Crippen LogP contribution < -0.4 is 9.47 Å². The number of aliphatic hydroxyl groups excluding tert-OH is 5. The Kier molecular flexibility index (Phi) is 7.06. The maximum absolute atomic E-state index is 10.1. The van der Waals surface area contributed by atoms with Crippen LogP contribution in [0, 0.1) is 0 Å². The van der Waals surface area contributed by atoms with Gasteiger partial charge in [-0.2, -0.15) is 0 Å². The van der Waals surface area contributed by atoms with Gasteiger partial charge in [-0.15, -0.1) is 6.58 Å². The number of ether oxygens (including phenoxy) is 3. The maximum atomic E-state index is 10.1. The standard InChI is InChI=1S/C23H26O8/c1-3-4-14(6-5-13(2)25)16-9-15-7-8-17(10-18(15)29-12-16)30-23-22(28)21(27)20(26)19(11-24)31-23/h3,5-8,10,12,19,22-28H,1,4,9,11H2,2H3/b13-5+,14-6+. The van der Waals surface area contributed by atoms with Crippen molar-refractivity contribution in [3.05, 3.63) is 83.3 Å². The van der Waals surface area contributed by atoms with Crippen LogP contribution in [0.4, 0.5) is 0 Å². The Morgan fingerprint density at radius 1 is 1.26 bits per heavy atom. The molecule has 0 bridgehead atoms. The van der Waals surface area contributed by atoms with Crippen LogP contribution in [0.1, 0.15) is 18.9 Å². The molecule has 0 saturated heterocycles. The third-order valence-electron chi connectivity index (χ3n) is 4.87. The molecule has 0 fully saturated rings. The average Bonchev–Trinajstić information content (AvgIpc) is 2.76. The van der Waals surface area contributed by atoms with Gasteiger partial charge >= 0.3 is 0 Å². The summed E-state index contributed by atoms with van der Waals surface area (Å²) in [5.41, 5.74) is 2.81. The summed E-state index contributed by atoms with van der Waals surface area (Å²) >= 11 is 0. The molecule has 2 aliphatic rings. The van der Waals surface area contributed by atoms with Crippen LogP contribution >= 0.6 is 0 Å². The van der Waals surface area contributed by atoms with Crippen molar-refractivity contribution in [3.63, 3.8) is 0 Å². The molecular formula is C23H26O8. The zero-order valence-corrected chi connectivity index (χ0v) is 17.1. The molecule has 0 spiro atoms. The van der Waals surface area contributed by atoms with Gasteiger partial charge in [-0.3, -0.25) is 0 Å². The number of rotatable bonds is 7. The van der Waals surface area contributed by atoms with Crippen molar-refractivity contribution < 1.29 is 39.7 Å². The summed E-state index contributed by atoms with van der Waals surface area (Å²) in [5, 5.41) is 48.3. The number of allylic oxidation sites excluding steroid dienone is 6. The van der Waals surface area contributed by atoms with Crippen LogP contribution in [0.2, 0.25) is 0 Å². The molecule has 0 saturated carbocycles. The molecule has 166 valence electrons. The second-order valence-corrected chi connectivity index (χ2v) is 7.21. The fraction of sp³-hybridized carbons (Fsp3) is 0.304. The third kappa shape index (κ3) is 5.11. The number of benzene rings is 1. The smallest absolute Gasteiger partial charge is 0.234 e. The zero-order valence-electron chi connectivity index (χ0n) is 17.1. The lowest BCUT2D eigenvalue weighted by Crippen LogP contribution is -2.45. The lowest BCUT2D eigenvalue weighted by atomic mass is 9.94. The molecule has 0 amide bonds. The van der Waals surface area contributed by atoms with Gasteiger partial charge < -0.3 is 39.7 Å². The molecule has 5 N–H and O–H groups in total. The normalized spacial score (nSPS) is 24.2. The van der Waals surface area contributed by atoms with Crippen molar-refractivity contribution in [1.82, 2.24) is 0 Å². The van der Waals surface area contributed by atoms with E-state index in [2.05, 4.69) is 6.58 Å². The Bertz CT molecular complexity index is 952. The molecule has 8 nitrogen and oxygen atoms in total. The molecule has 0 radical (unpaired) electrons. The van der Waals surface area contributed by atoms with Gasteiger partial charge in [0.05, 0.1) is 18.6 Å². The van der Waals surface area contributed by atoms with E-state index in [0.717, 1.165) is 16.7 Å². The molecule has 8 heteroatoms. The second-order valence-electron chi connectivity index (χ2n) is 7.21. The Balaban J connectivity index is 1.76. The lowest BCUT2D eigenvalue weighted by molar-refractivity contribution is -0.192. The molecule has 1 aromatic rings. The van der Waals surface area contributed by atoms with Crippen LogP contribution in [0.3, 0.4) is 0 Å². The quantitative estimate of drug-likeness (QED) is 0.253. The van der Waals surface area contributed by atoms with Crippen molar-refractivity contribution in [2.24, 2.45) is 0 Å². The molecule has 2 heterocycles. The minimum absolute atomic E-state index is 0.200. The van der Waals surface area contributed by atoms with Crippen molar-refractivity contribution in [2.45, 2.75) is 38.3 Å². The maximum Gasteiger partial charge on any atom is 0.234 e. The van der Waals surface area contributed by atoms with Crippen molar-refractivity contribution in [3.8, 4) is 11.5 Å². The van der Waals surface area contributed by atoms with Crippen LogP contribution in [-0.4, -0.2) is 50.6 Å². The summed E-state index contributed by atoms with van der Waals surface area (Å²) in [6.07, 6.45) is 3.92. The van der Waals surface area contributed by atoms with Gasteiger partial charge in [0.15, 0.2) is 17.6 Å². The van der Waals surface area contributed by atoms with Gasteiger partial charge in [-0.05, 0) is 42.2 Å². The fourth-order valence-electron chi connectivity index (χ4n) is 3.22. The fourth-order valence-corrected chi connectivity index (χ4v) is 3.22. The largest absolute Gasteiger partial charge is 0.513 e. The highest BCUT2D eigenvalue weighted by molar-refractivity contribution is 5.49. The van der Waals surface area contributed by atoms with Crippen LogP contribution in [0.25, 0.3) is 0 Å². The highest BCUT2D eigenvalue weighted by Crippen LogP contribution is 2.35. The molecule has 0 aromatic heterocycles.